The summed E-state index contributed by atoms with van der Waals surface area (Å²) in [4.78, 5) is 15.9. The van der Waals surface area contributed by atoms with Gasteiger partial charge < -0.3 is 24.9 Å². The van der Waals surface area contributed by atoms with Gasteiger partial charge in [-0.25, -0.2) is 4.98 Å². The van der Waals surface area contributed by atoms with Crippen LogP contribution in [-0.2, 0) is 22.6 Å². The van der Waals surface area contributed by atoms with Crippen molar-refractivity contribution in [2.45, 2.75) is 64.4 Å². The van der Waals surface area contributed by atoms with E-state index in [1.54, 1.807) is 39.0 Å². The van der Waals surface area contributed by atoms with Gasteiger partial charge in [0.15, 0.2) is 0 Å². The standard InChI is InChI=1S/C22H27F3N4O4/c1-13(20(26)30)27-11-19-28-17-9-8-16(10-18(17)29(19)12-21(2,3)31)32-14-4-6-15(7-5-14)33-22(23,24)25/h4,6-10,13-14,27,31H,5,11-12H2,1-3H3,(H2,26,30)/t13-,14?/m0/s1. The molecule has 1 unspecified atom stereocenters. The summed E-state index contributed by atoms with van der Waals surface area (Å²) in [5.41, 5.74) is 5.63. The largest absolute Gasteiger partial charge is 0.573 e. The van der Waals surface area contributed by atoms with Gasteiger partial charge in [-0.3, -0.25) is 10.1 Å². The molecule has 11 heteroatoms. The van der Waals surface area contributed by atoms with Crippen LogP contribution in [-0.4, -0.2) is 44.7 Å². The van der Waals surface area contributed by atoms with E-state index in [0.29, 0.717) is 22.6 Å². The van der Waals surface area contributed by atoms with Gasteiger partial charge in [-0.1, -0.05) is 0 Å². The summed E-state index contributed by atoms with van der Waals surface area (Å²) in [7, 11) is 0. The smallest absolute Gasteiger partial charge is 0.486 e. The molecule has 0 fully saturated rings. The molecule has 1 aliphatic rings. The summed E-state index contributed by atoms with van der Waals surface area (Å²) in [5.74, 6) is 0.331. The van der Waals surface area contributed by atoms with Crippen molar-refractivity contribution in [2.75, 3.05) is 0 Å². The van der Waals surface area contributed by atoms with Crippen LogP contribution >= 0.6 is 0 Å². The predicted octanol–water partition coefficient (Wildman–Crippen LogP) is 2.90. The van der Waals surface area contributed by atoms with Crippen LogP contribution in [0.5, 0.6) is 5.75 Å². The number of nitrogens with one attached hydrogen (secondary N) is 1. The third-order valence-electron chi connectivity index (χ3n) is 4.88. The molecule has 180 valence electrons. The van der Waals surface area contributed by atoms with Gasteiger partial charge in [-0.15, -0.1) is 13.2 Å². The van der Waals surface area contributed by atoms with Gasteiger partial charge in [0, 0.05) is 12.5 Å². The van der Waals surface area contributed by atoms with E-state index < -0.39 is 30.0 Å². The van der Waals surface area contributed by atoms with Crippen molar-refractivity contribution in [3.8, 4) is 5.75 Å². The minimum Gasteiger partial charge on any atom is -0.486 e. The topological polar surface area (TPSA) is 112 Å². The molecule has 0 saturated heterocycles. The van der Waals surface area contributed by atoms with E-state index in [0.717, 1.165) is 0 Å². The van der Waals surface area contributed by atoms with Crippen LogP contribution in [0.4, 0.5) is 13.2 Å². The summed E-state index contributed by atoms with van der Waals surface area (Å²) in [6, 6.07) is 4.67. The van der Waals surface area contributed by atoms with Gasteiger partial charge in [0.05, 0.1) is 35.8 Å². The number of amides is 1. The number of ether oxygens (including phenoxy) is 2. The Labute approximate surface area is 188 Å². The second kappa shape index (κ2) is 9.44. The number of aliphatic hydroxyl groups is 1. The van der Waals surface area contributed by atoms with Crippen LogP contribution in [0.2, 0.25) is 0 Å². The molecular formula is C22H27F3N4O4. The molecule has 4 N–H and O–H groups in total. The third kappa shape index (κ3) is 6.96. The molecule has 3 rings (SSSR count). The first kappa shape index (κ1) is 24.6. The number of carbonyl (C=O) groups is 1. The lowest BCUT2D eigenvalue weighted by Gasteiger charge is -2.21. The van der Waals surface area contributed by atoms with E-state index in [1.807, 2.05) is 4.57 Å². The van der Waals surface area contributed by atoms with Gasteiger partial charge in [-0.2, -0.15) is 0 Å². The predicted molar refractivity (Wildman–Crippen MR) is 115 cm³/mol. The zero-order valence-corrected chi connectivity index (χ0v) is 18.5. The van der Waals surface area contributed by atoms with Gasteiger partial charge >= 0.3 is 6.36 Å². The summed E-state index contributed by atoms with van der Waals surface area (Å²) in [5, 5.41) is 13.4. The Morgan fingerprint density at radius 2 is 2.12 bits per heavy atom. The minimum absolute atomic E-state index is 0.211. The van der Waals surface area contributed by atoms with Gasteiger partial charge in [0.2, 0.25) is 5.91 Å². The van der Waals surface area contributed by atoms with Crippen LogP contribution in [0.25, 0.3) is 11.0 Å². The number of carbonyl (C=O) groups excluding carboxylic acids is 1. The molecule has 2 aromatic rings. The first-order valence-corrected chi connectivity index (χ1v) is 10.4. The van der Waals surface area contributed by atoms with Crippen molar-refractivity contribution in [1.82, 2.24) is 14.9 Å². The summed E-state index contributed by atoms with van der Waals surface area (Å²) in [6.45, 7) is 5.47. The molecule has 0 saturated carbocycles. The molecule has 33 heavy (non-hydrogen) atoms. The highest BCUT2D eigenvalue weighted by atomic mass is 19.4. The fourth-order valence-corrected chi connectivity index (χ4v) is 3.32. The molecule has 1 aromatic heterocycles. The highest BCUT2D eigenvalue weighted by Gasteiger charge is 2.32. The number of halogens is 3. The Balaban J connectivity index is 1.80. The van der Waals surface area contributed by atoms with Gasteiger partial charge in [0.1, 0.15) is 23.4 Å². The summed E-state index contributed by atoms with van der Waals surface area (Å²) in [6.07, 6.45) is -0.953. The fraction of sp³-hybridized carbons (Fsp3) is 0.455. The average molecular weight is 468 g/mol. The highest BCUT2D eigenvalue weighted by molar-refractivity contribution is 5.79. The van der Waals surface area contributed by atoms with Crippen LogP contribution in [0.1, 0.15) is 33.0 Å². The van der Waals surface area contributed by atoms with E-state index in [4.69, 9.17) is 10.5 Å². The Morgan fingerprint density at radius 3 is 2.70 bits per heavy atom. The van der Waals surface area contributed by atoms with E-state index in [1.165, 1.54) is 18.2 Å². The van der Waals surface area contributed by atoms with Crippen LogP contribution in [0.15, 0.2) is 42.2 Å². The first-order valence-electron chi connectivity index (χ1n) is 10.4. The molecule has 8 nitrogen and oxygen atoms in total. The van der Waals surface area contributed by atoms with Crippen molar-refractivity contribution in [3.63, 3.8) is 0 Å². The van der Waals surface area contributed by atoms with Crippen molar-refractivity contribution in [1.29, 1.82) is 0 Å². The summed E-state index contributed by atoms with van der Waals surface area (Å²) >= 11 is 0. The highest BCUT2D eigenvalue weighted by Crippen LogP contribution is 2.28. The van der Waals surface area contributed by atoms with Crippen molar-refractivity contribution >= 4 is 16.9 Å². The first-order chi connectivity index (χ1) is 15.3. The summed E-state index contributed by atoms with van der Waals surface area (Å²) < 4.78 is 48.7. The number of primary amides is 1. The zero-order chi connectivity index (χ0) is 24.4. The van der Waals surface area contributed by atoms with Crippen molar-refractivity contribution in [2.24, 2.45) is 5.73 Å². The molecule has 0 bridgehead atoms. The number of fused-ring (bicyclic) bond motifs is 1. The fourth-order valence-electron chi connectivity index (χ4n) is 3.32. The quantitative estimate of drug-likeness (QED) is 0.522. The van der Waals surface area contributed by atoms with Crippen LogP contribution in [0.3, 0.4) is 0 Å². The molecule has 2 atom stereocenters. The number of hydrogen-bond acceptors (Lipinski definition) is 6. The lowest BCUT2D eigenvalue weighted by molar-refractivity contribution is -0.303. The Morgan fingerprint density at radius 1 is 1.39 bits per heavy atom. The maximum Gasteiger partial charge on any atom is 0.573 e. The SMILES string of the molecule is C[C@H](NCc1nc2ccc(OC3C=CC(OC(F)(F)F)=CC3)cc2n1CC(C)(C)O)C(N)=O. The Bertz CT molecular complexity index is 1070. The van der Waals surface area contributed by atoms with E-state index in [-0.39, 0.29) is 25.3 Å². The van der Waals surface area contributed by atoms with Crippen molar-refractivity contribution in [3.05, 3.63) is 48.0 Å². The number of alkyl halides is 3. The van der Waals surface area contributed by atoms with E-state index in [9.17, 15) is 23.1 Å². The molecule has 1 amide bonds. The zero-order valence-electron chi connectivity index (χ0n) is 18.5. The molecule has 1 aromatic carbocycles. The van der Waals surface area contributed by atoms with E-state index in [2.05, 4.69) is 15.0 Å². The van der Waals surface area contributed by atoms with Crippen molar-refractivity contribution < 1.29 is 32.5 Å². The number of hydrogen-bond donors (Lipinski definition) is 3. The second-order valence-corrected chi connectivity index (χ2v) is 8.49. The Hall–Kier alpha value is -3.05. The molecule has 0 spiro atoms. The number of rotatable bonds is 9. The molecule has 1 aliphatic carbocycles. The third-order valence-corrected chi connectivity index (χ3v) is 4.88. The maximum absolute atomic E-state index is 12.3. The normalized spacial score (nSPS) is 17.7. The lowest BCUT2D eigenvalue weighted by atomic mass is 10.1. The van der Waals surface area contributed by atoms with Crippen LogP contribution in [0, 0.1) is 0 Å². The number of nitrogens with zero attached hydrogens (tertiary/aromatic N) is 2. The molecule has 0 aliphatic heterocycles. The minimum atomic E-state index is -4.74. The number of benzene rings is 1. The maximum atomic E-state index is 12.3. The van der Waals surface area contributed by atoms with Gasteiger partial charge in [0.25, 0.3) is 0 Å². The number of imidazole rings is 1. The van der Waals surface area contributed by atoms with Crippen LogP contribution < -0.4 is 15.8 Å². The average Bonchev–Trinajstić information content (AvgIpc) is 3.02. The molecule has 1 heterocycles. The monoisotopic (exact) mass is 468 g/mol. The number of aromatic nitrogens is 2. The number of allylic oxidation sites excluding steroid dienone is 1. The Kier molecular flexibility index (Phi) is 7.03. The second-order valence-electron chi connectivity index (χ2n) is 8.49. The van der Waals surface area contributed by atoms with Gasteiger partial charge in [-0.05, 0) is 51.1 Å². The lowest BCUT2D eigenvalue weighted by Crippen LogP contribution is -2.39. The number of nitrogens with two attached hydrogens (primary N) is 1. The molecule has 0 radical (unpaired) electrons. The van der Waals surface area contributed by atoms with E-state index >= 15 is 0 Å². The molecular weight excluding hydrogens is 441 g/mol.